The smallest absolute Gasteiger partial charge is 0.407 e. The third kappa shape index (κ3) is 6.57. The van der Waals surface area contributed by atoms with Crippen LogP contribution in [0.2, 0.25) is 0 Å². The molecule has 3 rings (SSSR count). The molecule has 0 aromatic heterocycles. The summed E-state index contributed by atoms with van der Waals surface area (Å²) in [6.07, 6.45) is 0.315. The minimum Gasteiger partial charge on any atom is -0.480 e. The van der Waals surface area contributed by atoms with Crippen LogP contribution in [-0.2, 0) is 14.3 Å². The van der Waals surface area contributed by atoms with Crippen LogP contribution in [0.25, 0.3) is 11.1 Å². The Bertz CT molecular complexity index is 966. The van der Waals surface area contributed by atoms with Gasteiger partial charge >= 0.3 is 12.1 Å². The molecule has 0 spiro atoms. The number of carboxylic acid groups (broad SMARTS) is 1. The summed E-state index contributed by atoms with van der Waals surface area (Å²) in [7, 11) is 0. The van der Waals surface area contributed by atoms with Gasteiger partial charge in [0.2, 0.25) is 5.91 Å². The Morgan fingerprint density at radius 1 is 1.00 bits per heavy atom. The summed E-state index contributed by atoms with van der Waals surface area (Å²) < 4.78 is 5.47. The van der Waals surface area contributed by atoms with Crippen LogP contribution in [0.4, 0.5) is 4.79 Å². The summed E-state index contributed by atoms with van der Waals surface area (Å²) in [5, 5.41) is 14.5. The quantitative estimate of drug-likeness (QED) is 0.492. The van der Waals surface area contributed by atoms with Gasteiger partial charge in [0.25, 0.3) is 0 Å². The van der Waals surface area contributed by atoms with Crippen molar-refractivity contribution in [3.63, 3.8) is 0 Å². The molecule has 2 aromatic rings. The van der Waals surface area contributed by atoms with Crippen LogP contribution >= 0.6 is 0 Å². The molecule has 176 valence electrons. The van der Waals surface area contributed by atoms with E-state index >= 15 is 0 Å². The molecule has 1 unspecified atom stereocenters. The minimum atomic E-state index is -1.05. The van der Waals surface area contributed by atoms with Crippen LogP contribution in [0.3, 0.4) is 0 Å². The van der Waals surface area contributed by atoms with E-state index in [1.165, 1.54) is 11.1 Å². The highest BCUT2D eigenvalue weighted by atomic mass is 16.5. The zero-order valence-electron chi connectivity index (χ0n) is 19.4. The number of fused-ring (bicyclic) bond motifs is 3. The maximum Gasteiger partial charge on any atom is 0.407 e. The number of amides is 2. The molecule has 1 aliphatic rings. The first-order valence-electron chi connectivity index (χ1n) is 11.3. The highest BCUT2D eigenvalue weighted by Gasteiger charge is 2.29. The summed E-state index contributed by atoms with van der Waals surface area (Å²) in [5.41, 5.74) is 4.40. The highest BCUT2D eigenvalue weighted by Crippen LogP contribution is 2.44. The summed E-state index contributed by atoms with van der Waals surface area (Å²) in [4.78, 5) is 35.7. The normalized spacial score (nSPS) is 13.5. The molecule has 0 fully saturated rings. The van der Waals surface area contributed by atoms with Crippen molar-refractivity contribution in [2.75, 3.05) is 13.2 Å². The zero-order valence-corrected chi connectivity index (χ0v) is 19.4. The lowest BCUT2D eigenvalue weighted by Gasteiger charge is -2.24. The number of carbonyl (C=O) groups excluding carboxylic acids is 2. The maximum atomic E-state index is 12.2. The fourth-order valence-electron chi connectivity index (χ4n) is 4.17. The molecular weight excluding hydrogens is 420 g/mol. The van der Waals surface area contributed by atoms with E-state index in [-0.39, 0.29) is 36.8 Å². The first-order chi connectivity index (χ1) is 15.7. The molecule has 0 heterocycles. The van der Waals surface area contributed by atoms with Crippen LogP contribution in [0.15, 0.2) is 48.5 Å². The number of carboxylic acids is 1. The number of rotatable bonds is 9. The van der Waals surface area contributed by atoms with E-state index < -0.39 is 18.1 Å². The first kappa shape index (κ1) is 24.3. The highest BCUT2D eigenvalue weighted by molar-refractivity contribution is 5.83. The van der Waals surface area contributed by atoms with Crippen molar-refractivity contribution in [2.24, 2.45) is 5.41 Å². The Morgan fingerprint density at radius 2 is 1.58 bits per heavy atom. The molecule has 2 amide bonds. The standard InChI is InChI=1S/C26H32N2O5/c1-26(2,3)15-22(24(30)31)28-23(29)13-8-14-27-25(32)33-16-21-19-11-6-4-9-17(19)18-10-5-7-12-20(18)21/h4-7,9-12,21-22H,8,13-16H2,1-3H3,(H,27,32)(H,28,29)(H,30,31). The third-order valence-corrected chi connectivity index (χ3v) is 5.64. The largest absolute Gasteiger partial charge is 0.480 e. The molecule has 0 aliphatic heterocycles. The van der Waals surface area contributed by atoms with E-state index in [9.17, 15) is 19.5 Å². The molecule has 0 saturated carbocycles. The Balaban J connectivity index is 1.42. The van der Waals surface area contributed by atoms with Crippen LogP contribution in [0.5, 0.6) is 0 Å². The van der Waals surface area contributed by atoms with E-state index in [2.05, 4.69) is 34.9 Å². The fourth-order valence-corrected chi connectivity index (χ4v) is 4.17. The van der Waals surface area contributed by atoms with Crippen LogP contribution in [-0.4, -0.2) is 42.3 Å². The Morgan fingerprint density at radius 3 is 2.12 bits per heavy atom. The Hall–Kier alpha value is -3.35. The van der Waals surface area contributed by atoms with E-state index in [0.717, 1.165) is 11.1 Å². The Kier molecular flexibility index (Phi) is 7.74. The van der Waals surface area contributed by atoms with Crippen molar-refractivity contribution in [1.29, 1.82) is 0 Å². The number of aliphatic carboxylic acids is 1. The molecule has 0 radical (unpaired) electrons. The molecule has 0 saturated heterocycles. The lowest BCUT2D eigenvalue weighted by molar-refractivity contribution is -0.142. The SMILES string of the molecule is CC(C)(C)CC(NC(=O)CCCNC(=O)OCC1c2ccccc2-c2ccccc21)C(=O)O. The van der Waals surface area contributed by atoms with E-state index in [0.29, 0.717) is 12.8 Å². The van der Waals surface area contributed by atoms with Crippen molar-refractivity contribution in [3.8, 4) is 11.1 Å². The molecule has 1 atom stereocenters. The van der Waals surface area contributed by atoms with Gasteiger partial charge in [0.05, 0.1) is 0 Å². The zero-order chi connectivity index (χ0) is 24.0. The van der Waals surface area contributed by atoms with Gasteiger partial charge in [-0.25, -0.2) is 9.59 Å². The molecule has 33 heavy (non-hydrogen) atoms. The lowest BCUT2D eigenvalue weighted by Crippen LogP contribution is -2.43. The number of hydrogen-bond acceptors (Lipinski definition) is 4. The van der Waals surface area contributed by atoms with E-state index in [4.69, 9.17) is 4.74 Å². The minimum absolute atomic E-state index is 0.00954. The van der Waals surface area contributed by atoms with Gasteiger partial charge in [0, 0.05) is 18.9 Å². The second-order valence-electron chi connectivity index (χ2n) is 9.58. The number of benzene rings is 2. The van der Waals surface area contributed by atoms with Crippen molar-refractivity contribution in [1.82, 2.24) is 10.6 Å². The van der Waals surface area contributed by atoms with Crippen molar-refractivity contribution in [2.45, 2.75) is 52.0 Å². The molecular formula is C26H32N2O5. The van der Waals surface area contributed by atoms with Crippen molar-refractivity contribution < 1.29 is 24.2 Å². The third-order valence-electron chi connectivity index (χ3n) is 5.64. The van der Waals surface area contributed by atoms with Crippen LogP contribution in [0, 0.1) is 5.41 Å². The van der Waals surface area contributed by atoms with Gasteiger partial charge in [-0.1, -0.05) is 69.3 Å². The maximum absolute atomic E-state index is 12.2. The topological polar surface area (TPSA) is 105 Å². The number of ether oxygens (including phenoxy) is 1. The van der Waals surface area contributed by atoms with Crippen molar-refractivity contribution in [3.05, 3.63) is 59.7 Å². The molecule has 2 aromatic carbocycles. The van der Waals surface area contributed by atoms with Crippen LogP contribution < -0.4 is 10.6 Å². The average Bonchev–Trinajstić information content (AvgIpc) is 3.08. The number of carbonyl (C=O) groups is 3. The predicted molar refractivity (Wildman–Crippen MR) is 126 cm³/mol. The lowest BCUT2D eigenvalue weighted by atomic mass is 9.88. The number of alkyl carbamates (subject to hydrolysis) is 1. The molecule has 1 aliphatic carbocycles. The van der Waals surface area contributed by atoms with Crippen LogP contribution in [0.1, 0.15) is 57.1 Å². The molecule has 7 heteroatoms. The van der Waals surface area contributed by atoms with E-state index in [1.54, 1.807) is 0 Å². The van der Waals surface area contributed by atoms with Gasteiger partial charge in [-0.05, 0) is 40.5 Å². The average molecular weight is 453 g/mol. The van der Waals surface area contributed by atoms with Gasteiger partial charge < -0.3 is 20.5 Å². The molecule has 0 bridgehead atoms. The number of nitrogens with one attached hydrogen (secondary N) is 2. The molecule has 3 N–H and O–H groups in total. The van der Waals surface area contributed by atoms with Crippen molar-refractivity contribution >= 4 is 18.0 Å². The Labute approximate surface area is 194 Å². The summed E-state index contributed by atoms with van der Waals surface area (Å²) in [6.45, 7) is 6.27. The second kappa shape index (κ2) is 10.5. The second-order valence-corrected chi connectivity index (χ2v) is 9.58. The summed E-state index contributed by atoms with van der Waals surface area (Å²) >= 11 is 0. The van der Waals surface area contributed by atoms with E-state index in [1.807, 2.05) is 45.0 Å². The van der Waals surface area contributed by atoms with Gasteiger partial charge in [-0.2, -0.15) is 0 Å². The van der Waals surface area contributed by atoms with Gasteiger partial charge in [0.15, 0.2) is 0 Å². The van der Waals surface area contributed by atoms with Gasteiger partial charge in [-0.3, -0.25) is 4.79 Å². The summed E-state index contributed by atoms with van der Waals surface area (Å²) in [5.74, 6) is -1.40. The van der Waals surface area contributed by atoms with Gasteiger partial charge in [-0.15, -0.1) is 0 Å². The first-order valence-corrected chi connectivity index (χ1v) is 11.3. The monoisotopic (exact) mass is 452 g/mol. The summed E-state index contributed by atoms with van der Waals surface area (Å²) in [6, 6.07) is 15.3. The fraction of sp³-hybridized carbons (Fsp3) is 0.423. The van der Waals surface area contributed by atoms with Gasteiger partial charge in [0.1, 0.15) is 12.6 Å². The number of hydrogen-bond donors (Lipinski definition) is 3. The predicted octanol–water partition coefficient (Wildman–Crippen LogP) is 4.31. The molecule has 7 nitrogen and oxygen atoms in total.